The largest absolute Gasteiger partial charge is 0.373 e. The number of nitro groups is 1. The van der Waals surface area contributed by atoms with Crippen molar-refractivity contribution in [3.8, 4) is 0 Å². The second kappa shape index (κ2) is 10.0. The molecule has 3 rings (SSSR count). The summed E-state index contributed by atoms with van der Waals surface area (Å²) >= 11 is 0. The quantitative estimate of drug-likeness (QED) is 0.427. The Balaban J connectivity index is 1.39. The van der Waals surface area contributed by atoms with Gasteiger partial charge in [-0.05, 0) is 39.2 Å². The maximum absolute atomic E-state index is 12.5. The number of hydrogen-bond acceptors (Lipinski definition) is 6. The fourth-order valence-electron chi connectivity index (χ4n) is 4.39. The van der Waals surface area contributed by atoms with Gasteiger partial charge >= 0.3 is 0 Å². The van der Waals surface area contributed by atoms with E-state index in [0.29, 0.717) is 25.3 Å². The van der Waals surface area contributed by atoms with Gasteiger partial charge in [0.1, 0.15) is 5.69 Å². The van der Waals surface area contributed by atoms with Crippen molar-refractivity contribution in [2.24, 2.45) is 5.92 Å². The van der Waals surface area contributed by atoms with Crippen LogP contribution in [0.4, 0.5) is 11.4 Å². The number of nitrogens with zero attached hydrogens (tertiary/aromatic N) is 3. The van der Waals surface area contributed by atoms with Gasteiger partial charge < -0.3 is 15.0 Å². The van der Waals surface area contributed by atoms with E-state index in [1.54, 1.807) is 12.1 Å². The van der Waals surface area contributed by atoms with Crippen molar-refractivity contribution in [1.29, 1.82) is 0 Å². The van der Waals surface area contributed by atoms with E-state index >= 15 is 0 Å². The Morgan fingerprint density at radius 1 is 1.21 bits per heavy atom. The van der Waals surface area contributed by atoms with E-state index in [1.807, 2.05) is 11.0 Å². The molecule has 0 radical (unpaired) electrons. The molecule has 160 valence electrons. The summed E-state index contributed by atoms with van der Waals surface area (Å²) in [5.41, 5.74) is 0.771. The van der Waals surface area contributed by atoms with Crippen LogP contribution >= 0.6 is 0 Å². The van der Waals surface area contributed by atoms with Crippen LogP contribution < -0.4 is 10.2 Å². The second-order valence-corrected chi connectivity index (χ2v) is 8.17. The van der Waals surface area contributed by atoms with Crippen LogP contribution in [0.15, 0.2) is 24.3 Å². The Hall–Kier alpha value is -2.19. The molecule has 0 spiro atoms. The van der Waals surface area contributed by atoms with Crippen molar-refractivity contribution in [2.45, 2.75) is 45.3 Å². The van der Waals surface area contributed by atoms with E-state index in [2.05, 4.69) is 24.1 Å². The Labute approximate surface area is 172 Å². The number of piperidine rings is 1. The van der Waals surface area contributed by atoms with E-state index in [4.69, 9.17) is 4.74 Å². The number of hydrogen-bond donors (Lipinski definition) is 1. The van der Waals surface area contributed by atoms with Gasteiger partial charge in [-0.25, -0.2) is 0 Å². The third-order valence-electron chi connectivity index (χ3n) is 5.73. The Morgan fingerprint density at radius 2 is 1.86 bits per heavy atom. The van der Waals surface area contributed by atoms with Crippen LogP contribution in [0.2, 0.25) is 0 Å². The fourth-order valence-corrected chi connectivity index (χ4v) is 4.39. The minimum atomic E-state index is -0.343. The lowest BCUT2D eigenvalue weighted by Gasteiger charge is -2.35. The summed E-state index contributed by atoms with van der Waals surface area (Å²) in [6.45, 7) is 9.06. The van der Waals surface area contributed by atoms with E-state index in [0.717, 1.165) is 38.9 Å². The Kier molecular flexibility index (Phi) is 7.44. The Bertz CT molecular complexity index is 696. The molecule has 2 fully saturated rings. The number of carbonyl (C=O) groups excluding carboxylic acids is 1. The molecule has 8 nitrogen and oxygen atoms in total. The first-order valence-corrected chi connectivity index (χ1v) is 10.6. The molecule has 1 amide bonds. The first kappa shape index (κ1) is 21.5. The third kappa shape index (κ3) is 5.90. The van der Waals surface area contributed by atoms with Gasteiger partial charge in [-0.15, -0.1) is 0 Å². The van der Waals surface area contributed by atoms with Gasteiger partial charge in [0.2, 0.25) is 5.91 Å². The molecule has 2 heterocycles. The average Bonchev–Trinajstić information content (AvgIpc) is 2.70. The average molecular weight is 405 g/mol. The molecule has 2 saturated heterocycles. The molecule has 2 atom stereocenters. The van der Waals surface area contributed by atoms with Crippen molar-refractivity contribution >= 4 is 17.3 Å². The van der Waals surface area contributed by atoms with Crippen LogP contribution in [-0.4, -0.2) is 67.2 Å². The molecule has 0 unspecified atom stereocenters. The smallest absolute Gasteiger partial charge is 0.292 e. The summed E-state index contributed by atoms with van der Waals surface area (Å²) in [4.78, 5) is 27.8. The van der Waals surface area contributed by atoms with Crippen molar-refractivity contribution in [2.75, 3.05) is 44.2 Å². The van der Waals surface area contributed by atoms with E-state index < -0.39 is 0 Å². The number of morpholine rings is 1. The molecule has 2 aliphatic rings. The van der Waals surface area contributed by atoms with Gasteiger partial charge in [-0.2, -0.15) is 0 Å². The highest BCUT2D eigenvalue weighted by Gasteiger charge is 2.28. The van der Waals surface area contributed by atoms with Crippen molar-refractivity contribution in [1.82, 2.24) is 10.2 Å². The molecular weight excluding hydrogens is 372 g/mol. The second-order valence-electron chi connectivity index (χ2n) is 8.17. The zero-order chi connectivity index (χ0) is 20.8. The van der Waals surface area contributed by atoms with E-state index in [9.17, 15) is 14.9 Å². The maximum Gasteiger partial charge on any atom is 0.292 e. The standard InChI is InChI=1S/C21H32N4O4/c1-16-14-23(15-17(2)29-16)11-5-10-22-21(26)18-8-12-24(13-9-18)19-6-3-4-7-20(19)25(27)28/h3-4,6-7,16-18H,5,8-15H2,1-2H3,(H,22,26)/t16-,17-/m1/s1. The summed E-state index contributed by atoms with van der Waals surface area (Å²) in [6.07, 6.45) is 2.89. The first-order chi connectivity index (χ1) is 13.9. The number of nitro benzene ring substituents is 1. The van der Waals surface area contributed by atoms with Gasteiger partial charge in [0, 0.05) is 51.3 Å². The molecule has 29 heavy (non-hydrogen) atoms. The van der Waals surface area contributed by atoms with Crippen LogP contribution in [0.1, 0.15) is 33.1 Å². The topological polar surface area (TPSA) is 88.0 Å². The number of benzene rings is 1. The van der Waals surface area contributed by atoms with Gasteiger partial charge in [0.15, 0.2) is 0 Å². The minimum Gasteiger partial charge on any atom is -0.373 e. The van der Waals surface area contributed by atoms with E-state index in [1.165, 1.54) is 6.07 Å². The normalized spacial score (nSPS) is 23.7. The molecule has 0 bridgehead atoms. The molecular formula is C21H32N4O4. The van der Waals surface area contributed by atoms with Gasteiger partial charge in [0.25, 0.3) is 5.69 Å². The highest BCUT2D eigenvalue weighted by molar-refractivity contribution is 5.79. The highest BCUT2D eigenvalue weighted by atomic mass is 16.6. The summed E-state index contributed by atoms with van der Waals surface area (Å²) in [5, 5.41) is 14.3. The number of para-hydroxylation sites is 2. The lowest BCUT2D eigenvalue weighted by molar-refractivity contribution is -0.384. The number of carbonyl (C=O) groups is 1. The van der Waals surface area contributed by atoms with Crippen molar-refractivity contribution in [3.63, 3.8) is 0 Å². The molecule has 0 saturated carbocycles. The van der Waals surface area contributed by atoms with Crippen molar-refractivity contribution < 1.29 is 14.5 Å². The monoisotopic (exact) mass is 404 g/mol. The molecule has 0 aromatic heterocycles. The summed E-state index contributed by atoms with van der Waals surface area (Å²) in [5.74, 6) is 0.0911. The SMILES string of the molecule is C[C@@H]1CN(CCCNC(=O)C2CCN(c3ccccc3[N+](=O)[O-])CC2)C[C@@H](C)O1. The van der Waals surface area contributed by atoms with E-state index in [-0.39, 0.29) is 34.6 Å². The number of anilines is 1. The van der Waals surface area contributed by atoms with Gasteiger partial charge in [-0.1, -0.05) is 12.1 Å². The molecule has 1 aromatic rings. The zero-order valence-electron chi connectivity index (χ0n) is 17.4. The molecule has 1 N–H and O–H groups in total. The third-order valence-corrected chi connectivity index (χ3v) is 5.73. The summed E-state index contributed by atoms with van der Waals surface area (Å²) in [6, 6.07) is 6.81. The number of ether oxygens (including phenoxy) is 1. The molecule has 1 aromatic carbocycles. The van der Waals surface area contributed by atoms with Crippen LogP contribution in [0.25, 0.3) is 0 Å². The highest BCUT2D eigenvalue weighted by Crippen LogP contribution is 2.31. The minimum absolute atomic E-state index is 0.0163. The summed E-state index contributed by atoms with van der Waals surface area (Å²) < 4.78 is 5.75. The van der Waals surface area contributed by atoms with Crippen LogP contribution in [0, 0.1) is 16.0 Å². The molecule has 2 aliphatic heterocycles. The molecule has 8 heteroatoms. The zero-order valence-corrected chi connectivity index (χ0v) is 17.4. The predicted octanol–water partition coefficient (Wildman–Crippen LogP) is 2.43. The predicted molar refractivity (Wildman–Crippen MR) is 112 cm³/mol. The maximum atomic E-state index is 12.5. The Morgan fingerprint density at radius 3 is 2.52 bits per heavy atom. The van der Waals surface area contributed by atoms with Crippen LogP contribution in [0.3, 0.4) is 0 Å². The van der Waals surface area contributed by atoms with Gasteiger partial charge in [0.05, 0.1) is 17.1 Å². The number of rotatable bonds is 7. The lowest BCUT2D eigenvalue weighted by atomic mass is 9.95. The fraction of sp³-hybridized carbons (Fsp3) is 0.667. The number of nitrogens with one attached hydrogen (secondary N) is 1. The van der Waals surface area contributed by atoms with Crippen molar-refractivity contribution in [3.05, 3.63) is 34.4 Å². The lowest BCUT2D eigenvalue weighted by Crippen LogP contribution is -2.46. The van der Waals surface area contributed by atoms with Crippen LogP contribution in [-0.2, 0) is 9.53 Å². The number of amides is 1. The first-order valence-electron chi connectivity index (χ1n) is 10.6. The molecule has 0 aliphatic carbocycles. The van der Waals surface area contributed by atoms with Gasteiger partial charge in [-0.3, -0.25) is 19.8 Å². The van der Waals surface area contributed by atoms with Crippen LogP contribution in [0.5, 0.6) is 0 Å². The summed E-state index contributed by atoms with van der Waals surface area (Å²) in [7, 11) is 0.